The van der Waals surface area contributed by atoms with Gasteiger partial charge < -0.3 is 15.7 Å². The quantitative estimate of drug-likeness (QED) is 0.642. The van der Waals surface area contributed by atoms with Gasteiger partial charge >= 0.3 is 0 Å². The molecule has 1 aliphatic heterocycles. The molecule has 3 N–H and O–H groups in total. The molecule has 0 spiro atoms. The van der Waals surface area contributed by atoms with Gasteiger partial charge in [-0.25, -0.2) is 0 Å². The highest BCUT2D eigenvalue weighted by Crippen LogP contribution is 2.17. The van der Waals surface area contributed by atoms with E-state index < -0.39 is 12.0 Å². The van der Waals surface area contributed by atoms with Crippen molar-refractivity contribution >= 4 is 11.8 Å². The zero-order valence-corrected chi connectivity index (χ0v) is 14.0. The molecule has 130 valence electrons. The molecule has 5 nitrogen and oxygen atoms in total. The maximum atomic E-state index is 12.2. The topological polar surface area (TPSA) is 83.6 Å². The van der Waals surface area contributed by atoms with E-state index in [1.807, 2.05) is 6.07 Å². The third-order valence-corrected chi connectivity index (χ3v) is 4.35. The lowest BCUT2D eigenvalue weighted by atomic mass is 10.1. The Kier molecular flexibility index (Phi) is 7.00. The van der Waals surface area contributed by atoms with Crippen molar-refractivity contribution in [3.05, 3.63) is 47.5 Å². The number of aliphatic hydroxyl groups is 1. The Balaban J connectivity index is 1.59. The van der Waals surface area contributed by atoms with Crippen molar-refractivity contribution in [3.8, 4) is 0 Å². The van der Waals surface area contributed by atoms with E-state index in [2.05, 4.69) is 24.3 Å². The van der Waals surface area contributed by atoms with Gasteiger partial charge in [0.15, 0.2) is 0 Å². The van der Waals surface area contributed by atoms with E-state index in [9.17, 15) is 14.7 Å². The summed E-state index contributed by atoms with van der Waals surface area (Å²) < 4.78 is 0. The summed E-state index contributed by atoms with van der Waals surface area (Å²) in [5.74, 6) is -0.875. The number of carbonyl (C=O) groups excluding carboxylic acids is 2. The molecule has 5 heteroatoms. The minimum absolute atomic E-state index is 0.0156. The van der Waals surface area contributed by atoms with Crippen molar-refractivity contribution < 1.29 is 14.7 Å². The predicted octanol–water partition coefficient (Wildman–Crippen LogP) is 1.79. The van der Waals surface area contributed by atoms with E-state index in [1.165, 1.54) is 5.56 Å². The first-order chi connectivity index (χ1) is 11.6. The molecular weight excluding hydrogens is 304 g/mol. The summed E-state index contributed by atoms with van der Waals surface area (Å²) in [6.07, 6.45) is 5.99. The van der Waals surface area contributed by atoms with Crippen LogP contribution in [0.3, 0.4) is 0 Å². The monoisotopic (exact) mass is 330 g/mol. The molecular formula is C19H26N2O3. The van der Waals surface area contributed by atoms with E-state index in [1.54, 1.807) is 11.0 Å². The normalized spacial score (nSPS) is 15.5. The van der Waals surface area contributed by atoms with Crippen LogP contribution in [0.1, 0.15) is 37.7 Å². The number of nitrogens with two attached hydrogens (primary N) is 1. The Labute approximate surface area is 143 Å². The Morgan fingerprint density at radius 1 is 1.17 bits per heavy atom. The van der Waals surface area contributed by atoms with Crippen LogP contribution in [0.4, 0.5) is 0 Å². The molecule has 1 atom stereocenters. The smallest absolute Gasteiger partial charge is 0.249 e. The number of aryl methyl sites for hydroxylation is 1. The standard InChI is InChI=1S/C19H26N2O3/c20-18(23)17(22)14-16-11-13-21(19(16)24)12-7-2-1-4-8-15-9-5-3-6-10-15/h3,5-6,9-11,17,22H,1-2,4,7-8,12-14H2,(H2,20,23). The number of carbonyl (C=O) groups is 2. The lowest BCUT2D eigenvalue weighted by molar-refractivity contribution is -0.127. The summed E-state index contributed by atoms with van der Waals surface area (Å²) in [5, 5.41) is 9.47. The maximum absolute atomic E-state index is 12.2. The molecule has 1 aliphatic rings. The molecule has 0 saturated heterocycles. The highest BCUT2D eigenvalue weighted by atomic mass is 16.3. The van der Waals surface area contributed by atoms with E-state index in [4.69, 9.17) is 5.73 Å². The van der Waals surface area contributed by atoms with Crippen molar-refractivity contribution in [3.63, 3.8) is 0 Å². The van der Waals surface area contributed by atoms with Crippen molar-refractivity contribution in [1.82, 2.24) is 4.90 Å². The third kappa shape index (κ3) is 5.49. The first kappa shape index (κ1) is 18.2. The zero-order valence-electron chi connectivity index (χ0n) is 14.0. The minimum atomic E-state index is -1.28. The van der Waals surface area contributed by atoms with Gasteiger partial charge in [0.25, 0.3) is 0 Å². The predicted molar refractivity (Wildman–Crippen MR) is 93.1 cm³/mol. The Hall–Kier alpha value is -2.14. The SMILES string of the molecule is NC(=O)C(O)CC1=CCN(CCCCCCc2ccccc2)C1=O. The van der Waals surface area contributed by atoms with Crippen LogP contribution in [0.15, 0.2) is 42.0 Å². The number of hydrogen-bond acceptors (Lipinski definition) is 3. The number of unbranched alkanes of at least 4 members (excludes halogenated alkanes) is 3. The van der Waals surface area contributed by atoms with Gasteiger partial charge in [-0.2, -0.15) is 0 Å². The molecule has 0 bridgehead atoms. The van der Waals surface area contributed by atoms with Crippen molar-refractivity contribution in [2.75, 3.05) is 13.1 Å². The van der Waals surface area contributed by atoms with E-state index in [-0.39, 0.29) is 12.3 Å². The van der Waals surface area contributed by atoms with E-state index >= 15 is 0 Å². The van der Waals surface area contributed by atoms with Gasteiger partial charge in [-0.05, 0) is 24.8 Å². The molecule has 1 aromatic rings. The van der Waals surface area contributed by atoms with E-state index in [0.29, 0.717) is 12.1 Å². The number of primary amides is 1. The van der Waals surface area contributed by atoms with Crippen LogP contribution >= 0.6 is 0 Å². The summed E-state index contributed by atoms with van der Waals surface area (Å²) in [6.45, 7) is 1.28. The average molecular weight is 330 g/mol. The van der Waals surface area contributed by atoms with Crippen LogP contribution < -0.4 is 5.73 Å². The maximum Gasteiger partial charge on any atom is 0.249 e. The summed E-state index contributed by atoms with van der Waals surface area (Å²) in [6, 6.07) is 10.5. The fraction of sp³-hybridized carbons (Fsp3) is 0.474. The number of nitrogens with zero attached hydrogens (tertiary/aromatic N) is 1. The zero-order chi connectivity index (χ0) is 17.4. The molecule has 0 fully saturated rings. The fourth-order valence-corrected chi connectivity index (χ4v) is 2.90. The van der Waals surface area contributed by atoms with Gasteiger partial charge in [0.1, 0.15) is 6.10 Å². The average Bonchev–Trinajstić information content (AvgIpc) is 2.92. The molecule has 0 aromatic heterocycles. The molecule has 24 heavy (non-hydrogen) atoms. The molecule has 2 amide bonds. The van der Waals surface area contributed by atoms with Gasteiger partial charge in [-0.3, -0.25) is 9.59 Å². The second kappa shape index (κ2) is 9.23. The molecule has 0 aliphatic carbocycles. The number of hydrogen-bond donors (Lipinski definition) is 2. The largest absolute Gasteiger partial charge is 0.383 e. The van der Waals surface area contributed by atoms with Gasteiger partial charge in [0, 0.05) is 25.1 Å². The van der Waals surface area contributed by atoms with Gasteiger partial charge in [0.05, 0.1) is 0 Å². The third-order valence-electron chi connectivity index (χ3n) is 4.35. The Morgan fingerprint density at radius 2 is 1.88 bits per heavy atom. The Bertz CT molecular complexity index is 584. The molecule has 1 heterocycles. The van der Waals surface area contributed by atoms with Gasteiger partial charge in [0.2, 0.25) is 11.8 Å². The van der Waals surface area contributed by atoms with E-state index in [0.717, 1.165) is 38.6 Å². The molecule has 1 unspecified atom stereocenters. The molecule has 1 aromatic carbocycles. The van der Waals surface area contributed by atoms with Crippen molar-refractivity contribution in [2.45, 2.75) is 44.6 Å². The molecule has 0 saturated carbocycles. The van der Waals surface area contributed by atoms with Gasteiger partial charge in [-0.1, -0.05) is 49.2 Å². The van der Waals surface area contributed by atoms with Crippen LogP contribution in [0.2, 0.25) is 0 Å². The second-order valence-corrected chi connectivity index (χ2v) is 6.25. The van der Waals surface area contributed by atoms with Gasteiger partial charge in [-0.15, -0.1) is 0 Å². The molecule has 0 radical (unpaired) electrons. The van der Waals surface area contributed by atoms with Crippen LogP contribution in [-0.4, -0.2) is 41.0 Å². The second-order valence-electron chi connectivity index (χ2n) is 6.25. The summed E-state index contributed by atoms with van der Waals surface area (Å²) in [7, 11) is 0. The molecule has 2 rings (SSSR count). The number of rotatable bonds is 10. The van der Waals surface area contributed by atoms with Crippen LogP contribution in [-0.2, 0) is 16.0 Å². The fourth-order valence-electron chi connectivity index (χ4n) is 2.90. The summed E-state index contributed by atoms with van der Waals surface area (Å²) in [4.78, 5) is 24.8. The van der Waals surface area contributed by atoms with Crippen LogP contribution in [0.25, 0.3) is 0 Å². The van der Waals surface area contributed by atoms with Crippen molar-refractivity contribution in [1.29, 1.82) is 0 Å². The summed E-state index contributed by atoms with van der Waals surface area (Å²) >= 11 is 0. The first-order valence-electron chi connectivity index (χ1n) is 8.57. The van der Waals surface area contributed by atoms with Crippen LogP contribution in [0, 0.1) is 0 Å². The number of aliphatic hydroxyl groups excluding tert-OH is 1. The lowest BCUT2D eigenvalue weighted by Crippen LogP contribution is -2.32. The highest BCUT2D eigenvalue weighted by Gasteiger charge is 2.26. The Morgan fingerprint density at radius 3 is 2.58 bits per heavy atom. The highest BCUT2D eigenvalue weighted by molar-refractivity contribution is 5.96. The minimum Gasteiger partial charge on any atom is -0.383 e. The lowest BCUT2D eigenvalue weighted by Gasteiger charge is -2.17. The van der Waals surface area contributed by atoms with Crippen molar-refractivity contribution in [2.24, 2.45) is 5.73 Å². The first-order valence-corrected chi connectivity index (χ1v) is 8.57. The number of benzene rings is 1. The van der Waals surface area contributed by atoms with Crippen LogP contribution in [0.5, 0.6) is 0 Å². The number of amides is 2. The summed E-state index contributed by atoms with van der Waals surface area (Å²) in [5.41, 5.74) is 6.88.